The zero-order chi connectivity index (χ0) is 12.5. The molecule has 1 unspecified atom stereocenters. The SMILES string of the molecule is O=C(/C=C/C=C/CS(=O)c1ccccc1)NO. The van der Waals surface area contributed by atoms with Gasteiger partial charge in [-0.25, -0.2) is 5.48 Å². The third-order valence-electron chi connectivity index (χ3n) is 1.86. The fraction of sp³-hybridized carbons (Fsp3) is 0.0833. The van der Waals surface area contributed by atoms with E-state index in [9.17, 15) is 9.00 Å². The smallest absolute Gasteiger partial charge is 0.267 e. The van der Waals surface area contributed by atoms with Crippen molar-refractivity contribution in [2.24, 2.45) is 0 Å². The van der Waals surface area contributed by atoms with Crippen LogP contribution in [0.5, 0.6) is 0 Å². The summed E-state index contributed by atoms with van der Waals surface area (Å²) in [6.45, 7) is 0. The Morgan fingerprint density at radius 3 is 2.65 bits per heavy atom. The largest absolute Gasteiger partial charge is 0.288 e. The van der Waals surface area contributed by atoms with Crippen LogP contribution in [-0.2, 0) is 15.6 Å². The van der Waals surface area contributed by atoms with Gasteiger partial charge in [0, 0.05) is 16.7 Å². The maximum atomic E-state index is 11.7. The molecule has 0 saturated carbocycles. The molecule has 0 radical (unpaired) electrons. The van der Waals surface area contributed by atoms with Gasteiger partial charge in [-0.05, 0) is 12.1 Å². The van der Waals surface area contributed by atoms with Crippen LogP contribution in [0.15, 0.2) is 59.5 Å². The van der Waals surface area contributed by atoms with Gasteiger partial charge < -0.3 is 0 Å². The molecule has 0 heterocycles. The Labute approximate surface area is 102 Å². The second-order valence-electron chi connectivity index (χ2n) is 3.09. The molecule has 5 heteroatoms. The van der Waals surface area contributed by atoms with Crippen LogP contribution >= 0.6 is 0 Å². The Kier molecular flexibility index (Phi) is 5.92. The molecular weight excluding hydrogens is 238 g/mol. The Morgan fingerprint density at radius 1 is 1.29 bits per heavy atom. The van der Waals surface area contributed by atoms with Crippen molar-refractivity contribution in [2.75, 3.05) is 5.75 Å². The van der Waals surface area contributed by atoms with Gasteiger partial charge in [-0.15, -0.1) is 0 Å². The number of nitrogens with one attached hydrogen (secondary N) is 1. The highest BCUT2D eigenvalue weighted by molar-refractivity contribution is 7.85. The lowest BCUT2D eigenvalue weighted by Crippen LogP contribution is -2.14. The van der Waals surface area contributed by atoms with Gasteiger partial charge in [0.15, 0.2) is 0 Å². The van der Waals surface area contributed by atoms with Gasteiger partial charge in [0.05, 0.1) is 10.8 Å². The number of hydroxylamine groups is 1. The van der Waals surface area contributed by atoms with Crippen LogP contribution in [0, 0.1) is 0 Å². The summed E-state index contributed by atoms with van der Waals surface area (Å²) < 4.78 is 11.7. The summed E-state index contributed by atoms with van der Waals surface area (Å²) in [5, 5.41) is 8.20. The molecule has 2 N–H and O–H groups in total. The van der Waals surface area contributed by atoms with E-state index < -0.39 is 16.7 Å². The van der Waals surface area contributed by atoms with Crippen molar-refractivity contribution >= 4 is 16.7 Å². The normalized spacial score (nSPS) is 13.0. The van der Waals surface area contributed by atoms with Crippen LogP contribution in [0.1, 0.15) is 0 Å². The molecule has 1 rings (SSSR count). The molecule has 0 aliphatic rings. The first-order chi connectivity index (χ1) is 8.24. The minimum atomic E-state index is -1.07. The van der Waals surface area contributed by atoms with Crippen LogP contribution in [-0.4, -0.2) is 21.1 Å². The van der Waals surface area contributed by atoms with Crippen molar-refractivity contribution in [3.63, 3.8) is 0 Å². The Balaban J connectivity index is 2.41. The zero-order valence-electron chi connectivity index (χ0n) is 9.08. The number of carbonyl (C=O) groups excluding carboxylic acids is 1. The van der Waals surface area contributed by atoms with E-state index in [0.29, 0.717) is 5.75 Å². The van der Waals surface area contributed by atoms with Gasteiger partial charge >= 0.3 is 0 Å². The molecule has 0 bridgehead atoms. The summed E-state index contributed by atoms with van der Waals surface area (Å²) in [5.74, 6) is -0.214. The summed E-state index contributed by atoms with van der Waals surface area (Å²) in [6.07, 6.45) is 5.94. The van der Waals surface area contributed by atoms with Crippen molar-refractivity contribution < 1.29 is 14.2 Å². The summed E-state index contributed by atoms with van der Waals surface area (Å²) in [4.78, 5) is 11.4. The summed E-state index contributed by atoms with van der Waals surface area (Å²) in [6, 6.07) is 9.15. The van der Waals surface area contributed by atoms with Crippen LogP contribution in [0.3, 0.4) is 0 Å². The number of allylic oxidation sites excluding steroid dienone is 2. The van der Waals surface area contributed by atoms with Crippen molar-refractivity contribution in [1.29, 1.82) is 0 Å². The average molecular weight is 251 g/mol. The number of hydrogen-bond acceptors (Lipinski definition) is 3. The number of benzene rings is 1. The standard InChI is InChI=1S/C12H13NO3S/c14-12(13-15)9-5-2-6-10-17(16)11-7-3-1-4-8-11/h1-9,15H,10H2,(H,13,14)/b6-2+,9-5+. The molecule has 4 nitrogen and oxygen atoms in total. The molecule has 0 saturated heterocycles. The first-order valence-electron chi connectivity index (χ1n) is 4.94. The van der Waals surface area contributed by atoms with Gasteiger partial charge in [-0.2, -0.15) is 0 Å². The van der Waals surface area contributed by atoms with Crippen molar-refractivity contribution in [2.45, 2.75) is 4.90 Å². The van der Waals surface area contributed by atoms with E-state index in [1.54, 1.807) is 24.3 Å². The number of carbonyl (C=O) groups is 1. The minimum Gasteiger partial charge on any atom is -0.288 e. The van der Waals surface area contributed by atoms with E-state index in [-0.39, 0.29) is 0 Å². The summed E-state index contributed by atoms with van der Waals surface area (Å²) in [7, 11) is -1.07. The van der Waals surface area contributed by atoms with Gasteiger partial charge in [-0.3, -0.25) is 14.2 Å². The maximum absolute atomic E-state index is 11.7. The van der Waals surface area contributed by atoms with E-state index in [0.717, 1.165) is 4.90 Å². The van der Waals surface area contributed by atoms with Crippen LogP contribution in [0.2, 0.25) is 0 Å². The molecule has 1 atom stereocenters. The lowest BCUT2D eigenvalue weighted by atomic mass is 10.4. The monoisotopic (exact) mass is 251 g/mol. The first kappa shape index (κ1) is 13.3. The predicted octanol–water partition coefficient (Wildman–Crippen LogP) is 1.41. The van der Waals surface area contributed by atoms with Gasteiger partial charge in [-0.1, -0.05) is 36.4 Å². The van der Waals surface area contributed by atoms with Crippen molar-refractivity contribution in [1.82, 2.24) is 5.48 Å². The quantitative estimate of drug-likeness (QED) is 0.360. The molecule has 0 aliphatic carbocycles. The third kappa shape index (κ3) is 5.24. The first-order valence-corrected chi connectivity index (χ1v) is 6.26. The fourth-order valence-corrected chi connectivity index (χ4v) is 2.01. The lowest BCUT2D eigenvalue weighted by Gasteiger charge is -1.96. The van der Waals surface area contributed by atoms with E-state index in [1.807, 2.05) is 18.2 Å². The molecule has 1 aromatic rings. The topological polar surface area (TPSA) is 66.4 Å². The summed E-state index contributed by atoms with van der Waals surface area (Å²) in [5.41, 5.74) is 1.47. The molecule has 0 aliphatic heterocycles. The van der Waals surface area contributed by atoms with Crippen molar-refractivity contribution in [3.8, 4) is 0 Å². The number of rotatable bonds is 5. The average Bonchev–Trinajstić information content (AvgIpc) is 2.38. The Hall–Kier alpha value is -1.72. The fourth-order valence-electron chi connectivity index (χ4n) is 1.07. The molecular formula is C12H13NO3S. The molecule has 0 fully saturated rings. The van der Waals surface area contributed by atoms with Gasteiger partial charge in [0.25, 0.3) is 5.91 Å². The second kappa shape index (κ2) is 7.54. The third-order valence-corrected chi connectivity index (χ3v) is 3.15. The van der Waals surface area contributed by atoms with E-state index in [2.05, 4.69) is 0 Å². The lowest BCUT2D eigenvalue weighted by molar-refractivity contribution is -0.124. The molecule has 0 aromatic heterocycles. The van der Waals surface area contributed by atoms with E-state index in [4.69, 9.17) is 5.21 Å². The molecule has 90 valence electrons. The van der Waals surface area contributed by atoms with Crippen LogP contribution in [0.4, 0.5) is 0 Å². The van der Waals surface area contributed by atoms with Crippen LogP contribution in [0.25, 0.3) is 0 Å². The minimum absolute atomic E-state index is 0.384. The number of hydrogen-bond donors (Lipinski definition) is 2. The van der Waals surface area contributed by atoms with E-state index in [1.165, 1.54) is 17.6 Å². The van der Waals surface area contributed by atoms with Gasteiger partial charge in [0.2, 0.25) is 0 Å². The molecule has 17 heavy (non-hydrogen) atoms. The Bertz CT molecular complexity index is 440. The Morgan fingerprint density at radius 2 is 2.00 bits per heavy atom. The predicted molar refractivity (Wildman–Crippen MR) is 65.9 cm³/mol. The van der Waals surface area contributed by atoms with Crippen LogP contribution < -0.4 is 5.48 Å². The molecule has 1 amide bonds. The highest BCUT2D eigenvalue weighted by atomic mass is 32.2. The number of amides is 1. The zero-order valence-corrected chi connectivity index (χ0v) is 9.89. The molecule has 0 spiro atoms. The van der Waals surface area contributed by atoms with Crippen molar-refractivity contribution in [3.05, 3.63) is 54.6 Å². The van der Waals surface area contributed by atoms with Gasteiger partial charge in [0.1, 0.15) is 0 Å². The van der Waals surface area contributed by atoms with E-state index >= 15 is 0 Å². The second-order valence-corrected chi connectivity index (χ2v) is 4.58. The summed E-state index contributed by atoms with van der Waals surface area (Å²) >= 11 is 0. The molecule has 1 aromatic carbocycles. The highest BCUT2D eigenvalue weighted by Crippen LogP contribution is 2.05. The maximum Gasteiger partial charge on any atom is 0.267 e. The highest BCUT2D eigenvalue weighted by Gasteiger charge is 1.98.